The largest absolute Gasteiger partial charge is 0.478 e. The van der Waals surface area contributed by atoms with Crippen LogP contribution < -0.4 is 0 Å². The molecule has 27 heavy (non-hydrogen) atoms. The molecule has 0 saturated carbocycles. The van der Waals surface area contributed by atoms with E-state index >= 15 is 0 Å². The normalized spacial score (nSPS) is 10.9. The van der Waals surface area contributed by atoms with Crippen LogP contribution in [-0.2, 0) is 4.74 Å². The number of ether oxygens (including phenoxy) is 1. The Labute approximate surface area is 155 Å². The molecule has 6 nitrogen and oxygen atoms in total. The summed E-state index contributed by atoms with van der Waals surface area (Å²) in [5.41, 5.74) is 2.66. The van der Waals surface area contributed by atoms with Gasteiger partial charge >= 0.3 is 11.9 Å². The first-order valence-electron chi connectivity index (χ1n) is 8.15. The average molecular weight is 363 g/mol. The van der Waals surface area contributed by atoms with Gasteiger partial charge in [-0.2, -0.15) is 0 Å². The summed E-state index contributed by atoms with van der Waals surface area (Å²) in [5, 5.41) is 9.06. The van der Waals surface area contributed by atoms with E-state index in [1.54, 1.807) is 48.5 Å². The summed E-state index contributed by atoms with van der Waals surface area (Å²) in [5.74, 6) is -0.322. The van der Waals surface area contributed by atoms with Gasteiger partial charge < -0.3 is 14.3 Å². The van der Waals surface area contributed by atoms with Gasteiger partial charge in [-0.1, -0.05) is 18.2 Å². The fourth-order valence-corrected chi connectivity index (χ4v) is 2.64. The molecule has 1 N–H and O–H groups in total. The average Bonchev–Trinajstić information content (AvgIpc) is 3.14. The second-order valence-corrected chi connectivity index (χ2v) is 5.80. The highest BCUT2D eigenvalue weighted by molar-refractivity contribution is 5.96. The van der Waals surface area contributed by atoms with E-state index in [9.17, 15) is 9.59 Å². The van der Waals surface area contributed by atoms with Gasteiger partial charge in [-0.05, 0) is 48.9 Å². The minimum Gasteiger partial charge on any atom is -0.478 e. The molecular formula is C21H17NO5. The van der Waals surface area contributed by atoms with Crippen molar-refractivity contribution in [2.24, 2.45) is 4.99 Å². The summed E-state index contributed by atoms with van der Waals surface area (Å²) in [6.45, 7) is 1.82. The first-order valence-corrected chi connectivity index (χ1v) is 8.15. The SMILES string of the molecule is COC(=O)c1ccccc1N=Cc1ccc(-c2ccc(C(=O)O)cc2C)o1. The van der Waals surface area contributed by atoms with Gasteiger partial charge in [0.2, 0.25) is 0 Å². The lowest BCUT2D eigenvalue weighted by atomic mass is 10.0. The molecule has 0 saturated heterocycles. The molecule has 0 aliphatic carbocycles. The molecule has 0 spiro atoms. The first kappa shape index (κ1) is 18.1. The number of hydrogen-bond acceptors (Lipinski definition) is 5. The van der Waals surface area contributed by atoms with Gasteiger partial charge in [0.25, 0.3) is 0 Å². The van der Waals surface area contributed by atoms with Crippen molar-refractivity contribution < 1.29 is 23.8 Å². The third kappa shape index (κ3) is 3.95. The van der Waals surface area contributed by atoms with E-state index in [1.807, 2.05) is 6.92 Å². The molecule has 1 heterocycles. The Kier molecular flexibility index (Phi) is 5.17. The number of aryl methyl sites for hydroxylation is 1. The molecule has 0 radical (unpaired) electrons. The Morgan fingerprint density at radius 1 is 1.11 bits per heavy atom. The van der Waals surface area contributed by atoms with Crippen LogP contribution in [0.25, 0.3) is 11.3 Å². The number of hydrogen-bond donors (Lipinski definition) is 1. The van der Waals surface area contributed by atoms with Gasteiger partial charge in [-0.25, -0.2) is 9.59 Å². The molecule has 0 aliphatic rings. The molecule has 136 valence electrons. The predicted octanol–water partition coefficient (Wildman–Crippen LogP) is 4.49. The van der Waals surface area contributed by atoms with Crippen LogP contribution in [0.4, 0.5) is 5.69 Å². The molecular weight excluding hydrogens is 346 g/mol. The molecule has 0 amide bonds. The van der Waals surface area contributed by atoms with Crippen molar-refractivity contribution in [2.45, 2.75) is 6.92 Å². The monoisotopic (exact) mass is 363 g/mol. The van der Waals surface area contributed by atoms with Crippen LogP contribution in [0.2, 0.25) is 0 Å². The molecule has 3 rings (SSSR count). The fourth-order valence-electron chi connectivity index (χ4n) is 2.64. The van der Waals surface area contributed by atoms with Gasteiger partial charge in [0.15, 0.2) is 0 Å². The number of benzene rings is 2. The van der Waals surface area contributed by atoms with Crippen molar-refractivity contribution >= 4 is 23.8 Å². The molecule has 3 aromatic rings. The highest BCUT2D eigenvalue weighted by Crippen LogP contribution is 2.26. The van der Waals surface area contributed by atoms with Crippen LogP contribution in [0.3, 0.4) is 0 Å². The van der Waals surface area contributed by atoms with E-state index in [-0.39, 0.29) is 5.56 Å². The molecule has 0 aliphatic heterocycles. The lowest BCUT2D eigenvalue weighted by molar-refractivity contribution is 0.0600. The quantitative estimate of drug-likeness (QED) is 0.533. The summed E-state index contributed by atoms with van der Waals surface area (Å²) in [6, 6.07) is 15.3. The second-order valence-electron chi connectivity index (χ2n) is 5.80. The molecule has 0 atom stereocenters. The fraction of sp³-hybridized carbons (Fsp3) is 0.0952. The minimum absolute atomic E-state index is 0.226. The maximum atomic E-state index is 11.8. The highest BCUT2D eigenvalue weighted by Gasteiger charge is 2.12. The Hall–Kier alpha value is -3.67. The Bertz CT molecular complexity index is 1030. The van der Waals surface area contributed by atoms with Crippen molar-refractivity contribution in [1.29, 1.82) is 0 Å². The van der Waals surface area contributed by atoms with E-state index in [4.69, 9.17) is 14.3 Å². The maximum absolute atomic E-state index is 11.8. The molecule has 0 bridgehead atoms. The molecule has 6 heteroatoms. The van der Waals surface area contributed by atoms with E-state index in [1.165, 1.54) is 19.4 Å². The van der Waals surface area contributed by atoms with Crippen LogP contribution in [-0.4, -0.2) is 30.4 Å². The summed E-state index contributed by atoms with van der Waals surface area (Å²) in [7, 11) is 1.32. The zero-order chi connectivity index (χ0) is 19.4. The van der Waals surface area contributed by atoms with Crippen LogP contribution in [0.1, 0.15) is 32.0 Å². The molecule has 2 aromatic carbocycles. The number of para-hydroxylation sites is 1. The number of carboxylic acid groups (broad SMARTS) is 1. The predicted molar refractivity (Wildman–Crippen MR) is 101 cm³/mol. The highest BCUT2D eigenvalue weighted by atomic mass is 16.5. The van der Waals surface area contributed by atoms with Gasteiger partial charge in [0.05, 0.1) is 30.1 Å². The summed E-state index contributed by atoms with van der Waals surface area (Å²) >= 11 is 0. The van der Waals surface area contributed by atoms with Crippen molar-refractivity contribution in [2.75, 3.05) is 7.11 Å². The van der Waals surface area contributed by atoms with E-state index in [2.05, 4.69) is 4.99 Å². The van der Waals surface area contributed by atoms with Crippen LogP contribution in [0.15, 0.2) is 64.0 Å². The topological polar surface area (TPSA) is 89.1 Å². The zero-order valence-electron chi connectivity index (χ0n) is 14.8. The Balaban J connectivity index is 1.86. The van der Waals surface area contributed by atoms with E-state index < -0.39 is 11.9 Å². The van der Waals surface area contributed by atoms with Crippen molar-refractivity contribution in [3.05, 3.63) is 77.0 Å². The lowest BCUT2D eigenvalue weighted by Gasteiger charge is -2.04. The number of carbonyl (C=O) groups excluding carboxylic acids is 1. The van der Waals surface area contributed by atoms with Crippen LogP contribution >= 0.6 is 0 Å². The number of carboxylic acids is 1. The number of nitrogens with zero attached hydrogens (tertiary/aromatic N) is 1. The van der Waals surface area contributed by atoms with Crippen molar-refractivity contribution in [3.8, 4) is 11.3 Å². The maximum Gasteiger partial charge on any atom is 0.340 e. The number of rotatable bonds is 5. The van der Waals surface area contributed by atoms with Crippen LogP contribution in [0.5, 0.6) is 0 Å². The molecule has 0 fully saturated rings. The standard InChI is InChI=1S/C21H17NO5/c1-13-11-14(20(23)24)7-9-16(13)19-10-8-15(27-19)12-22-18-6-4-3-5-17(18)21(25)26-2/h3-12H,1-2H3,(H,23,24). The number of aliphatic imine (C=N–C) groups is 1. The summed E-state index contributed by atoms with van der Waals surface area (Å²) < 4.78 is 10.5. The zero-order valence-corrected chi connectivity index (χ0v) is 14.8. The van der Waals surface area contributed by atoms with Gasteiger partial charge in [-0.3, -0.25) is 4.99 Å². The lowest BCUT2D eigenvalue weighted by Crippen LogP contribution is -2.01. The number of methoxy groups -OCH3 is 1. The second kappa shape index (κ2) is 7.70. The third-order valence-corrected chi connectivity index (χ3v) is 4.01. The number of furan rings is 1. The number of carbonyl (C=O) groups is 2. The third-order valence-electron chi connectivity index (χ3n) is 4.01. The Morgan fingerprint density at radius 3 is 2.59 bits per heavy atom. The van der Waals surface area contributed by atoms with Gasteiger partial charge in [-0.15, -0.1) is 0 Å². The number of esters is 1. The van der Waals surface area contributed by atoms with Gasteiger partial charge in [0, 0.05) is 5.56 Å². The molecule has 0 unspecified atom stereocenters. The first-order chi connectivity index (χ1) is 13.0. The van der Waals surface area contributed by atoms with Gasteiger partial charge in [0.1, 0.15) is 11.5 Å². The minimum atomic E-state index is -0.971. The summed E-state index contributed by atoms with van der Waals surface area (Å²) in [4.78, 5) is 27.1. The smallest absolute Gasteiger partial charge is 0.340 e. The van der Waals surface area contributed by atoms with Crippen LogP contribution in [0, 0.1) is 6.92 Å². The summed E-state index contributed by atoms with van der Waals surface area (Å²) in [6.07, 6.45) is 1.52. The number of aromatic carboxylic acids is 1. The molecule has 1 aromatic heterocycles. The van der Waals surface area contributed by atoms with Crippen molar-refractivity contribution in [3.63, 3.8) is 0 Å². The van der Waals surface area contributed by atoms with E-state index in [0.717, 1.165) is 11.1 Å². The van der Waals surface area contributed by atoms with E-state index in [0.29, 0.717) is 22.8 Å². The Morgan fingerprint density at radius 2 is 1.89 bits per heavy atom. The van der Waals surface area contributed by atoms with Crippen molar-refractivity contribution in [1.82, 2.24) is 0 Å².